The Morgan fingerprint density at radius 1 is 1.56 bits per heavy atom. The van der Waals surface area contributed by atoms with Crippen LogP contribution in [0.5, 0.6) is 0 Å². The lowest BCUT2D eigenvalue weighted by molar-refractivity contribution is -0.126. The van der Waals surface area contributed by atoms with E-state index in [2.05, 4.69) is 29.5 Å². The van der Waals surface area contributed by atoms with E-state index in [1.807, 2.05) is 19.1 Å². The van der Waals surface area contributed by atoms with Crippen molar-refractivity contribution in [2.45, 2.75) is 27.2 Å². The molecule has 2 N–H and O–H groups in total. The van der Waals surface area contributed by atoms with Gasteiger partial charge in [0.05, 0.1) is 16.8 Å². The molecule has 0 radical (unpaired) electrons. The highest BCUT2D eigenvalue weighted by Crippen LogP contribution is 2.35. The zero-order chi connectivity index (χ0) is 13.2. The van der Waals surface area contributed by atoms with E-state index in [1.165, 1.54) is 0 Å². The summed E-state index contributed by atoms with van der Waals surface area (Å²) in [5, 5.41) is 6.33. The number of hydrogen-bond donors (Lipinski definition) is 2. The van der Waals surface area contributed by atoms with Gasteiger partial charge < -0.3 is 10.6 Å². The van der Waals surface area contributed by atoms with E-state index in [0.29, 0.717) is 5.92 Å². The number of hydrogen-bond acceptors (Lipinski definition) is 3. The number of pyridine rings is 1. The molecule has 1 fully saturated rings. The minimum Gasteiger partial charge on any atom is -0.324 e. The highest BCUT2D eigenvalue weighted by molar-refractivity contribution is 5.96. The number of aromatic nitrogens is 1. The van der Waals surface area contributed by atoms with Crippen molar-refractivity contribution in [1.29, 1.82) is 0 Å². The van der Waals surface area contributed by atoms with E-state index in [4.69, 9.17) is 0 Å². The van der Waals surface area contributed by atoms with Crippen LogP contribution in [-0.2, 0) is 4.79 Å². The van der Waals surface area contributed by atoms with Crippen LogP contribution in [0, 0.1) is 18.3 Å². The molecule has 1 aromatic rings. The zero-order valence-electron chi connectivity index (χ0n) is 11.3. The first kappa shape index (κ1) is 13.0. The summed E-state index contributed by atoms with van der Waals surface area (Å²) in [7, 11) is 0. The molecule has 18 heavy (non-hydrogen) atoms. The molecule has 1 aliphatic rings. The third-order valence-electron chi connectivity index (χ3n) is 4.00. The summed E-state index contributed by atoms with van der Waals surface area (Å²) >= 11 is 0. The lowest BCUT2D eigenvalue weighted by atomic mass is 9.75. The standard InChI is InChI=1S/C14H21N3O/c1-10(2)14(6-8-15-9-14)13(18)17-12-5-4-7-16-11(12)3/h4-5,7,10,15H,6,8-9H2,1-3H3,(H,17,18). The molecule has 4 heteroatoms. The summed E-state index contributed by atoms with van der Waals surface area (Å²) in [6.45, 7) is 7.81. The number of carbonyl (C=O) groups excluding carboxylic acids is 1. The second-order valence-electron chi connectivity index (χ2n) is 5.33. The first-order valence-electron chi connectivity index (χ1n) is 6.50. The fourth-order valence-corrected chi connectivity index (χ4v) is 2.52. The molecular formula is C14H21N3O. The van der Waals surface area contributed by atoms with Crippen molar-refractivity contribution < 1.29 is 4.79 Å². The normalized spacial score (nSPS) is 23.3. The monoisotopic (exact) mass is 247 g/mol. The van der Waals surface area contributed by atoms with Crippen LogP contribution in [0.1, 0.15) is 26.0 Å². The number of anilines is 1. The van der Waals surface area contributed by atoms with Gasteiger partial charge in [-0.3, -0.25) is 9.78 Å². The van der Waals surface area contributed by atoms with Crippen LogP contribution in [0.2, 0.25) is 0 Å². The van der Waals surface area contributed by atoms with E-state index < -0.39 is 0 Å². The second-order valence-corrected chi connectivity index (χ2v) is 5.33. The van der Waals surface area contributed by atoms with Gasteiger partial charge >= 0.3 is 0 Å². The van der Waals surface area contributed by atoms with Crippen molar-refractivity contribution in [3.8, 4) is 0 Å². The van der Waals surface area contributed by atoms with Gasteiger partial charge in [-0.25, -0.2) is 0 Å². The number of nitrogens with one attached hydrogen (secondary N) is 2. The number of nitrogens with zero attached hydrogens (tertiary/aromatic N) is 1. The molecule has 1 saturated heterocycles. The number of rotatable bonds is 3. The molecule has 1 amide bonds. The quantitative estimate of drug-likeness (QED) is 0.858. The van der Waals surface area contributed by atoms with Crippen LogP contribution in [0.3, 0.4) is 0 Å². The van der Waals surface area contributed by atoms with Crippen LogP contribution < -0.4 is 10.6 Å². The van der Waals surface area contributed by atoms with Crippen LogP contribution >= 0.6 is 0 Å². The highest BCUT2D eigenvalue weighted by atomic mass is 16.2. The first-order valence-corrected chi connectivity index (χ1v) is 6.50. The Morgan fingerprint density at radius 2 is 2.33 bits per heavy atom. The van der Waals surface area contributed by atoms with Gasteiger partial charge in [0.2, 0.25) is 5.91 Å². The molecule has 1 unspecified atom stereocenters. The Morgan fingerprint density at radius 3 is 2.89 bits per heavy atom. The van der Waals surface area contributed by atoms with Crippen LogP contribution in [0.15, 0.2) is 18.3 Å². The molecule has 1 atom stereocenters. The molecular weight excluding hydrogens is 226 g/mol. The molecule has 0 saturated carbocycles. The van der Waals surface area contributed by atoms with E-state index in [0.717, 1.165) is 30.9 Å². The Labute approximate surface area is 108 Å². The molecule has 0 aliphatic carbocycles. The van der Waals surface area contributed by atoms with E-state index in [1.54, 1.807) is 6.20 Å². The average Bonchev–Trinajstić information content (AvgIpc) is 2.82. The predicted octanol–water partition coefficient (Wildman–Crippen LogP) is 1.96. The Kier molecular flexibility index (Phi) is 3.66. The molecule has 0 spiro atoms. The van der Waals surface area contributed by atoms with Gasteiger partial charge in [-0.05, 0) is 37.9 Å². The summed E-state index contributed by atoms with van der Waals surface area (Å²) in [6, 6.07) is 3.74. The predicted molar refractivity (Wildman–Crippen MR) is 72.4 cm³/mol. The molecule has 2 rings (SSSR count). The maximum atomic E-state index is 12.6. The Bertz CT molecular complexity index is 436. The minimum atomic E-state index is -0.289. The Balaban J connectivity index is 2.19. The molecule has 1 aliphatic heterocycles. The summed E-state index contributed by atoms with van der Waals surface area (Å²) in [4.78, 5) is 16.7. The lowest BCUT2D eigenvalue weighted by Gasteiger charge is -2.31. The molecule has 2 heterocycles. The van der Waals surface area contributed by atoms with E-state index >= 15 is 0 Å². The maximum absolute atomic E-state index is 12.6. The summed E-state index contributed by atoms with van der Waals surface area (Å²) < 4.78 is 0. The van der Waals surface area contributed by atoms with Crippen molar-refractivity contribution in [2.75, 3.05) is 18.4 Å². The second kappa shape index (κ2) is 5.06. The van der Waals surface area contributed by atoms with E-state index in [9.17, 15) is 4.79 Å². The Hall–Kier alpha value is -1.42. The third-order valence-corrected chi connectivity index (χ3v) is 4.00. The van der Waals surface area contributed by atoms with Gasteiger partial charge in [0.25, 0.3) is 0 Å². The smallest absolute Gasteiger partial charge is 0.232 e. The fourth-order valence-electron chi connectivity index (χ4n) is 2.52. The van der Waals surface area contributed by atoms with E-state index in [-0.39, 0.29) is 11.3 Å². The molecule has 98 valence electrons. The maximum Gasteiger partial charge on any atom is 0.232 e. The third kappa shape index (κ3) is 2.25. The number of aryl methyl sites for hydroxylation is 1. The average molecular weight is 247 g/mol. The van der Waals surface area contributed by atoms with Crippen molar-refractivity contribution in [2.24, 2.45) is 11.3 Å². The van der Waals surface area contributed by atoms with Crippen molar-refractivity contribution >= 4 is 11.6 Å². The van der Waals surface area contributed by atoms with Gasteiger partial charge in [-0.1, -0.05) is 13.8 Å². The number of carbonyl (C=O) groups is 1. The topological polar surface area (TPSA) is 54.0 Å². The lowest BCUT2D eigenvalue weighted by Crippen LogP contribution is -2.42. The molecule has 0 aromatic carbocycles. The summed E-state index contributed by atoms with van der Waals surface area (Å²) in [5.74, 6) is 0.433. The van der Waals surface area contributed by atoms with Gasteiger partial charge in [0.15, 0.2) is 0 Å². The van der Waals surface area contributed by atoms with Gasteiger partial charge in [-0.2, -0.15) is 0 Å². The largest absolute Gasteiger partial charge is 0.324 e. The summed E-state index contributed by atoms with van der Waals surface area (Å²) in [6.07, 6.45) is 2.64. The van der Waals surface area contributed by atoms with Crippen molar-refractivity contribution in [3.63, 3.8) is 0 Å². The van der Waals surface area contributed by atoms with Crippen LogP contribution in [-0.4, -0.2) is 24.0 Å². The van der Waals surface area contributed by atoms with Crippen LogP contribution in [0.4, 0.5) is 5.69 Å². The van der Waals surface area contributed by atoms with Crippen molar-refractivity contribution in [3.05, 3.63) is 24.0 Å². The van der Waals surface area contributed by atoms with Crippen LogP contribution in [0.25, 0.3) is 0 Å². The van der Waals surface area contributed by atoms with Gasteiger partial charge in [0.1, 0.15) is 0 Å². The van der Waals surface area contributed by atoms with Gasteiger partial charge in [-0.15, -0.1) is 0 Å². The SMILES string of the molecule is Cc1ncccc1NC(=O)C1(C(C)C)CCNC1. The van der Waals surface area contributed by atoms with Gasteiger partial charge in [0, 0.05) is 12.7 Å². The fraction of sp³-hybridized carbons (Fsp3) is 0.571. The molecule has 4 nitrogen and oxygen atoms in total. The molecule has 1 aromatic heterocycles. The minimum absolute atomic E-state index is 0.110. The zero-order valence-corrected chi connectivity index (χ0v) is 11.3. The first-order chi connectivity index (χ1) is 8.56. The highest BCUT2D eigenvalue weighted by Gasteiger charge is 2.43. The summed E-state index contributed by atoms with van der Waals surface area (Å²) in [5.41, 5.74) is 1.38. The molecule has 0 bridgehead atoms. The van der Waals surface area contributed by atoms with Crippen molar-refractivity contribution in [1.82, 2.24) is 10.3 Å². The number of amides is 1.